The molecule has 0 saturated carbocycles. The zero-order valence-corrected chi connectivity index (χ0v) is 14.8. The molecule has 1 fully saturated rings. The summed E-state index contributed by atoms with van der Waals surface area (Å²) in [6.07, 6.45) is 3.00. The number of nitrogens with zero attached hydrogens (tertiary/aromatic N) is 4. The zero-order chi connectivity index (χ0) is 16.9. The molecule has 1 aliphatic heterocycles. The highest BCUT2D eigenvalue weighted by Crippen LogP contribution is 2.24. The molecule has 1 aromatic rings. The zero-order valence-electron chi connectivity index (χ0n) is 14.0. The Morgan fingerprint density at radius 3 is 2.35 bits per heavy atom. The van der Waals surface area contributed by atoms with E-state index in [2.05, 4.69) is 10.00 Å². The van der Waals surface area contributed by atoms with Crippen molar-refractivity contribution < 1.29 is 17.9 Å². The van der Waals surface area contributed by atoms with Crippen molar-refractivity contribution in [3.8, 4) is 0 Å². The fraction of sp³-hybridized carbons (Fsp3) is 0.786. The van der Waals surface area contributed by atoms with E-state index in [0.29, 0.717) is 32.8 Å². The third-order valence-electron chi connectivity index (χ3n) is 4.08. The fourth-order valence-electron chi connectivity index (χ4n) is 2.54. The second-order valence-electron chi connectivity index (χ2n) is 5.53. The number of methoxy groups -OCH3 is 2. The smallest absolute Gasteiger partial charge is 0.246 e. The molecule has 0 unspecified atom stereocenters. The molecule has 2 rings (SSSR count). The summed E-state index contributed by atoms with van der Waals surface area (Å²) in [5.41, 5.74) is 0. The molecular weight excluding hydrogens is 320 g/mol. The molecule has 8 nitrogen and oxygen atoms in total. The molecule has 1 saturated heterocycles. The maximum atomic E-state index is 12.5. The van der Waals surface area contributed by atoms with Gasteiger partial charge in [-0.1, -0.05) is 0 Å². The summed E-state index contributed by atoms with van der Waals surface area (Å²) in [6.45, 7) is 6.34. The molecule has 0 radical (unpaired) electrons. The van der Waals surface area contributed by atoms with E-state index < -0.39 is 10.0 Å². The van der Waals surface area contributed by atoms with Crippen molar-refractivity contribution in [3.63, 3.8) is 0 Å². The standard InChI is InChI=1S/C14H26N4O4S/c1-4-17-12-14(9-15-17)23(19,20)18-10-13(11-18)16(5-7-21-2)6-8-22-3/h9,12-13H,4-8,10-11H2,1-3H3. The van der Waals surface area contributed by atoms with Crippen LogP contribution in [0, 0.1) is 0 Å². The van der Waals surface area contributed by atoms with Gasteiger partial charge in [-0.2, -0.15) is 9.40 Å². The Morgan fingerprint density at radius 1 is 1.26 bits per heavy atom. The Morgan fingerprint density at radius 2 is 1.87 bits per heavy atom. The normalized spacial score (nSPS) is 16.9. The first-order valence-electron chi connectivity index (χ1n) is 7.77. The molecule has 0 spiro atoms. The predicted molar refractivity (Wildman–Crippen MR) is 85.8 cm³/mol. The molecule has 23 heavy (non-hydrogen) atoms. The topological polar surface area (TPSA) is 76.9 Å². The molecule has 0 N–H and O–H groups in total. The molecular formula is C14H26N4O4S. The number of rotatable bonds is 10. The first-order valence-corrected chi connectivity index (χ1v) is 9.21. The maximum Gasteiger partial charge on any atom is 0.246 e. The number of ether oxygens (including phenoxy) is 2. The largest absolute Gasteiger partial charge is 0.383 e. The van der Waals surface area contributed by atoms with Crippen LogP contribution in [0.2, 0.25) is 0 Å². The maximum absolute atomic E-state index is 12.5. The SMILES string of the molecule is CCn1cc(S(=O)(=O)N2CC(N(CCOC)CCOC)C2)cn1. The molecule has 0 amide bonds. The van der Waals surface area contributed by atoms with Crippen LogP contribution in [0.3, 0.4) is 0 Å². The lowest BCUT2D eigenvalue weighted by molar-refractivity contribution is 0.0411. The van der Waals surface area contributed by atoms with E-state index in [1.807, 2.05) is 6.92 Å². The number of sulfonamides is 1. The first kappa shape index (κ1) is 18.3. The van der Waals surface area contributed by atoms with E-state index in [0.717, 1.165) is 13.1 Å². The Labute approximate surface area is 138 Å². The summed E-state index contributed by atoms with van der Waals surface area (Å²) in [4.78, 5) is 2.48. The Balaban J connectivity index is 1.95. The van der Waals surface area contributed by atoms with Gasteiger partial charge in [-0.15, -0.1) is 0 Å². The summed E-state index contributed by atoms with van der Waals surface area (Å²) in [5.74, 6) is 0. The summed E-state index contributed by atoms with van der Waals surface area (Å²) >= 11 is 0. The molecule has 9 heteroatoms. The van der Waals surface area contributed by atoms with Gasteiger partial charge in [0.25, 0.3) is 0 Å². The molecule has 1 aliphatic rings. The third-order valence-corrected chi connectivity index (χ3v) is 5.87. The lowest BCUT2D eigenvalue weighted by atomic mass is 10.1. The molecule has 132 valence electrons. The van der Waals surface area contributed by atoms with E-state index >= 15 is 0 Å². The average Bonchev–Trinajstić information content (AvgIpc) is 2.97. The van der Waals surface area contributed by atoms with Crippen molar-refractivity contribution in [2.45, 2.75) is 24.4 Å². The highest BCUT2D eigenvalue weighted by molar-refractivity contribution is 7.89. The number of aromatic nitrogens is 2. The van der Waals surface area contributed by atoms with E-state index in [4.69, 9.17) is 9.47 Å². The minimum absolute atomic E-state index is 0.205. The van der Waals surface area contributed by atoms with Crippen LogP contribution in [-0.4, -0.2) is 87.1 Å². The highest BCUT2D eigenvalue weighted by Gasteiger charge is 2.39. The molecule has 1 aromatic heterocycles. The van der Waals surface area contributed by atoms with Crippen molar-refractivity contribution in [2.75, 3.05) is 53.6 Å². The third kappa shape index (κ3) is 4.30. The van der Waals surface area contributed by atoms with Gasteiger partial charge in [0.15, 0.2) is 0 Å². The number of hydrogen-bond acceptors (Lipinski definition) is 6. The summed E-state index contributed by atoms with van der Waals surface area (Å²) in [6, 6.07) is 0.205. The van der Waals surface area contributed by atoms with Gasteiger partial charge < -0.3 is 9.47 Å². The van der Waals surface area contributed by atoms with Crippen LogP contribution in [0.5, 0.6) is 0 Å². The quantitative estimate of drug-likeness (QED) is 0.587. The minimum atomic E-state index is -3.44. The van der Waals surface area contributed by atoms with E-state index in [1.165, 1.54) is 10.5 Å². The predicted octanol–water partition coefficient (Wildman–Crippen LogP) is -0.129. The van der Waals surface area contributed by atoms with Gasteiger partial charge >= 0.3 is 0 Å². The van der Waals surface area contributed by atoms with Crippen molar-refractivity contribution in [2.24, 2.45) is 0 Å². The van der Waals surface area contributed by atoms with Crippen LogP contribution in [0.25, 0.3) is 0 Å². The number of aryl methyl sites for hydroxylation is 1. The fourth-order valence-corrected chi connectivity index (χ4v) is 4.01. The number of hydrogen-bond donors (Lipinski definition) is 0. The van der Waals surface area contributed by atoms with Crippen molar-refractivity contribution in [3.05, 3.63) is 12.4 Å². The summed E-state index contributed by atoms with van der Waals surface area (Å²) < 4.78 is 38.5. The molecule has 0 aromatic carbocycles. The Bertz CT molecular complexity index is 575. The molecule has 0 aliphatic carbocycles. The monoisotopic (exact) mass is 346 g/mol. The highest BCUT2D eigenvalue weighted by atomic mass is 32.2. The van der Waals surface area contributed by atoms with E-state index in [9.17, 15) is 8.42 Å². The minimum Gasteiger partial charge on any atom is -0.383 e. The van der Waals surface area contributed by atoms with Gasteiger partial charge in [0.2, 0.25) is 10.0 Å². The molecule has 2 heterocycles. The Hall–Kier alpha value is -1.00. The van der Waals surface area contributed by atoms with E-state index in [1.54, 1.807) is 25.1 Å². The first-order chi connectivity index (χ1) is 11.0. The van der Waals surface area contributed by atoms with Crippen LogP contribution in [0.15, 0.2) is 17.3 Å². The van der Waals surface area contributed by atoms with Crippen molar-refractivity contribution in [1.82, 2.24) is 19.0 Å². The average molecular weight is 346 g/mol. The van der Waals surface area contributed by atoms with E-state index in [-0.39, 0.29) is 10.9 Å². The second-order valence-corrected chi connectivity index (χ2v) is 7.47. The van der Waals surface area contributed by atoms with Crippen molar-refractivity contribution in [1.29, 1.82) is 0 Å². The van der Waals surface area contributed by atoms with Crippen LogP contribution < -0.4 is 0 Å². The lowest BCUT2D eigenvalue weighted by Gasteiger charge is -2.44. The second kappa shape index (κ2) is 8.20. The van der Waals surface area contributed by atoms with Gasteiger partial charge in [0.05, 0.1) is 19.4 Å². The molecule has 0 atom stereocenters. The molecule has 0 bridgehead atoms. The van der Waals surface area contributed by atoms with Gasteiger partial charge in [-0.25, -0.2) is 8.42 Å². The van der Waals surface area contributed by atoms with Crippen LogP contribution in [0.4, 0.5) is 0 Å². The Kier molecular flexibility index (Phi) is 6.54. The van der Waals surface area contributed by atoms with Crippen molar-refractivity contribution >= 4 is 10.0 Å². The van der Waals surface area contributed by atoms with Gasteiger partial charge in [0.1, 0.15) is 4.90 Å². The van der Waals surface area contributed by atoms with Crippen LogP contribution in [-0.2, 0) is 26.0 Å². The summed E-state index contributed by atoms with van der Waals surface area (Å²) in [7, 11) is -0.110. The van der Waals surface area contributed by atoms with Crippen LogP contribution in [0.1, 0.15) is 6.92 Å². The van der Waals surface area contributed by atoms with Gasteiger partial charge in [0, 0.05) is 59.2 Å². The summed E-state index contributed by atoms with van der Waals surface area (Å²) in [5, 5.41) is 4.04. The lowest BCUT2D eigenvalue weighted by Crippen LogP contribution is -2.61. The van der Waals surface area contributed by atoms with Gasteiger partial charge in [-0.05, 0) is 6.92 Å². The van der Waals surface area contributed by atoms with Crippen LogP contribution >= 0.6 is 0 Å². The van der Waals surface area contributed by atoms with Gasteiger partial charge in [-0.3, -0.25) is 9.58 Å².